The lowest BCUT2D eigenvalue weighted by atomic mass is 9.98. The summed E-state index contributed by atoms with van der Waals surface area (Å²) in [5, 5.41) is 2.76. The van der Waals surface area contributed by atoms with Crippen LogP contribution in [0.2, 0.25) is 0 Å². The molecular weight excluding hydrogens is 382 g/mol. The van der Waals surface area contributed by atoms with Gasteiger partial charge in [-0.2, -0.15) is 0 Å². The Labute approximate surface area is 176 Å². The highest BCUT2D eigenvalue weighted by atomic mass is 16.5. The molecule has 1 atom stereocenters. The Hall–Kier alpha value is -3.09. The molecule has 1 saturated carbocycles. The molecule has 1 aliphatic carbocycles. The lowest BCUT2D eigenvalue weighted by Gasteiger charge is -2.17. The van der Waals surface area contributed by atoms with Crippen molar-refractivity contribution in [3.63, 3.8) is 0 Å². The van der Waals surface area contributed by atoms with Gasteiger partial charge in [-0.1, -0.05) is 12.1 Å². The molecule has 2 fully saturated rings. The summed E-state index contributed by atoms with van der Waals surface area (Å²) < 4.78 is 11.4. The Kier molecular flexibility index (Phi) is 5.88. The van der Waals surface area contributed by atoms with Gasteiger partial charge in [0.25, 0.3) is 0 Å². The fourth-order valence-corrected chi connectivity index (χ4v) is 3.67. The Bertz CT molecular complexity index is 942. The molecule has 4 rings (SSSR count). The van der Waals surface area contributed by atoms with Crippen LogP contribution in [-0.2, 0) is 9.59 Å². The van der Waals surface area contributed by atoms with Gasteiger partial charge in [0.1, 0.15) is 5.82 Å². The number of hydrogen-bond donors (Lipinski definition) is 1. The number of carbonyl (C=O) groups excluding carboxylic acids is 2. The summed E-state index contributed by atoms with van der Waals surface area (Å²) in [4.78, 5) is 30.8. The molecule has 7 nitrogen and oxygen atoms in total. The summed E-state index contributed by atoms with van der Waals surface area (Å²) in [6, 6.07) is 11.3. The number of nitrogens with one attached hydrogen (secondary N) is 1. The standard InChI is InChI=1S/C23H27N3O4/c1-15-4-3-5-21(24-15)25-22(27)13-26-12-18(11-23(26)28)17-8-9-19(29-2)20(10-17)30-14-16-6-7-16/h3-5,8-10,16,18H,6-7,11-14H2,1-2H3,(H,24,25,27)/t18-/m0/s1. The normalized spacial score (nSPS) is 18.4. The smallest absolute Gasteiger partial charge is 0.245 e. The van der Waals surface area contributed by atoms with Gasteiger partial charge in [-0.05, 0) is 55.5 Å². The molecule has 2 aromatic rings. The lowest BCUT2D eigenvalue weighted by Crippen LogP contribution is -2.34. The van der Waals surface area contributed by atoms with Crippen molar-refractivity contribution in [1.82, 2.24) is 9.88 Å². The van der Waals surface area contributed by atoms with E-state index >= 15 is 0 Å². The van der Waals surface area contributed by atoms with E-state index in [2.05, 4.69) is 10.3 Å². The van der Waals surface area contributed by atoms with E-state index < -0.39 is 0 Å². The van der Waals surface area contributed by atoms with E-state index in [4.69, 9.17) is 9.47 Å². The van der Waals surface area contributed by atoms with E-state index in [1.54, 1.807) is 18.1 Å². The largest absolute Gasteiger partial charge is 0.493 e. The van der Waals surface area contributed by atoms with E-state index in [0.29, 0.717) is 37.1 Å². The summed E-state index contributed by atoms with van der Waals surface area (Å²) in [5.74, 6) is 2.31. The number of methoxy groups -OCH3 is 1. The molecule has 1 aromatic carbocycles. The number of pyridine rings is 1. The second-order valence-electron chi connectivity index (χ2n) is 8.05. The lowest BCUT2D eigenvalue weighted by molar-refractivity contribution is -0.131. The average Bonchev–Trinajstić information content (AvgIpc) is 3.48. The SMILES string of the molecule is COc1ccc([C@H]2CC(=O)N(CC(=O)Nc3cccc(C)n3)C2)cc1OCC1CC1. The number of hydrogen-bond acceptors (Lipinski definition) is 5. The number of ether oxygens (including phenoxy) is 2. The third kappa shape index (κ3) is 4.90. The molecule has 1 aliphatic heterocycles. The summed E-state index contributed by atoms with van der Waals surface area (Å²) in [7, 11) is 1.63. The zero-order valence-corrected chi connectivity index (χ0v) is 17.4. The maximum atomic E-state index is 12.5. The second kappa shape index (κ2) is 8.73. The molecular formula is C23H27N3O4. The predicted octanol–water partition coefficient (Wildman–Crippen LogP) is 3.14. The van der Waals surface area contributed by atoms with Crippen molar-refractivity contribution in [3.05, 3.63) is 47.7 Å². The predicted molar refractivity (Wildman–Crippen MR) is 113 cm³/mol. The highest BCUT2D eigenvalue weighted by Crippen LogP contribution is 2.36. The molecule has 0 unspecified atom stereocenters. The van der Waals surface area contributed by atoms with Gasteiger partial charge >= 0.3 is 0 Å². The van der Waals surface area contributed by atoms with Crippen molar-refractivity contribution in [3.8, 4) is 11.5 Å². The Balaban J connectivity index is 1.38. The average molecular weight is 409 g/mol. The molecule has 158 valence electrons. The topological polar surface area (TPSA) is 80.8 Å². The third-order valence-electron chi connectivity index (χ3n) is 5.54. The number of carbonyl (C=O) groups is 2. The molecule has 30 heavy (non-hydrogen) atoms. The van der Waals surface area contributed by atoms with Gasteiger partial charge in [0.15, 0.2) is 11.5 Å². The van der Waals surface area contributed by atoms with Crippen molar-refractivity contribution < 1.29 is 19.1 Å². The Morgan fingerprint density at radius 3 is 2.80 bits per heavy atom. The summed E-state index contributed by atoms with van der Waals surface area (Å²) >= 11 is 0. The zero-order valence-electron chi connectivity index (χ0n) is 17.4. The van der Waals surface area contributed by atoms with Crippen molar-refractivity contribution >= 4 is 17.6 Å². The highest BCUT2D eigenvalue weighted by molar-refractivity contribution is 5.94. The van der Waals surface area contributed by atoms with Gasteiger partial charge in [-0.25, -0.2) is 4.98 Å². The monoisotopic (exact) mass is 409 g/mol. The zero-order chi connectivity index (χ0) is 21.1. The van der Waals surface area contributed by atoms with Gasteiger partial charge in [0, 0.05) is 24.6 Å². The first-order chi connectivity index (χ1) is 14.5. The van der Waals surface area contributed by atoms with Crippen molar-refractivity contribution in [2.45, 2.75) is 32.1 Å². The number of likely N-dealkylation sites (tertiary alicyclic amines) is 1. The van der Waals surface area contributed by atoms with E-state index in [9.17, 15) is 9.59 Å². The third-order valence-corrected chi connectivity index (χ3v) is 5.54. The van der Waals surface area contributed by atoms with Crippen LogP contribution in [0.15, 0.2) is 36.4 Å². The molecule has 0 radical (unpaired) electrons. The minimum Gasteiger partial charge on any atom is -0.493 e. The van der Waals surface area contributed by atoms with Crippen molar-refractivity contribution in [2.24, 2.45) is 5.92 Å². The van der Waals surface area contributed by atoms with Crippen LogP contribution in [0.5, 0.6) is 11.5 Å². The Morgan fingerprint density at radius 1 is 1.23 bits per heavy atom. The molecule has 1 saturated heterocycles. The number of anilines is 1. The van der Waals surface area contributed by atoms with E-state index in [1.165, 1.54) is 12.8 Å². The number of aryl methyl sites for hydroxylation is 1. The summed E-state index contributed by atoms with van der Waals surface area (Å²) in [5.41, 5.74) is 1.85. The minimum atomic E-state index is -0.245. The maximum Gasteiger partial charge on any atom is 0.245 e. The van der Waals surface area contributed by atoms with Crippen LogP contribution in [0.25, 0.3) is 0 Å². The first kappa shape index (κ1) is 20.2. The van der Waals surface area contributed by atoms with E-state index in [1.807, 2.05) is 37.3 Å². The van der Waals surface area contributed by atoms with Crippen LogP contribution < -0.4 is 14.8 Å². The van der Waals surface area contributed by atoms with Gasteiger partial charge in [-0.15, -0.1) is 0 Å². The van der Waals surface area contributed by atoms with Crippen molar-refractivity contribution in [1.29, 1.82) is 0 Å². The van der Waals surface area contributed by atoms with Gasteiger partial charge < -0.3 is 19.7 Å². The molecule has 2 heterocycles. The number of amides is 2. The first-order valence-corrected chi connectivity index (χ1v) is 10.3. The molecule has 0 spiro atoms. The highest BCUT2D eigenvalue weighted by Gasteiger charge is 2.32. The number of benzene rings is 1. The number of nitrogens with zero attached hydrogens (tertiary/aromatic N) is 2. The van der Waals surface area contributed by atoms with Crippen LogP contribution in [0.4, 0.5) is 5.82 Å². The molecule has 1 N–H and O–H groups in total. The molecule has 2 amide bonds. The van der Waals surface area contributed by atoms with Gasteiger partial charge in [0.05, 0.1) is 20.3 Å². The van der Waals surface area contributed by atoms with Crippen LogP contribution in [-0.4, -0.2) is 48.5 Å². The van der Waals surface area contributed by atoms with Crippen LogP contribution >= 0.6 is 0 Å². The Morgan fingerprint density at radius 2 is 2.07 bits per heavy atom. The minimum absolute atomic E-state index is 0.0200. The molecule has 2 aliphatic rings. The number of rotatable bonds is 8. The van der Waals surface area contributed by atoms with Gasteiger partial charge in [-0.3, -0.25) is 9.59 Å². The van der Waals surface area contributed by atoms with E-state index in [0.717, 1.165) is 17.0 Å². The summed E-state index contributed by atoms with van der Waals surface area (Å²) in [6.07, 6.45) is 2.81. The molecule has 1 aromatic heterocycles. The molecule has 7 heteroatoms. The van der Waals surface area contributed by atoms with E-state index in [-0.39, 0.29) is 24.3 Å². The van der Waals surface area contributed by atoms with Crippen LogP contribution in [0.1, 0.15) is 36.4 Å². The van der Waals surface area contributed by atoms with Crippen LogP contribution in [0, 0.1) is 12.8 Å². The summed E-state index contributed by atoms with van der Waals surface area (Å²) in [6.45, 7) is 3.08. The first-order valence-electron chi connectivity index (χ1n) is 10.3. The van der Waals surface area contributed by atoms with Gasteiger partial charge in [0.2, 0.25) is 11.8 Å². The maximum absolute atomic E-state index is 12.5. The second-order valence-corrected chi connectivity index (χ2v) is 8.05. The number of aromatic nitrogens is 1. The van der Waals surface area contributed by atoms with Crippen molar-refractivity contribution in [2.75, 3.05) is 32.1 Å². The van der Waals surface area contributed by atoms with Crippen LogP contribution in [0.3, 0.4) is 0 Å². The molecule has 0 bridgehead atoms. The fourth-order valence-electron chi connectivity index (χ4n) is 3.67. The quantitative estimate of drug-likeness (QED) is 0.724. The fraction of sp³-hybridized carbons (Fsp3) is 0.435.